The molecule has 0 unspecified atom stereocenters. The molecular formula is C27H35N7O2. The van der Waals surface area contributed by atoms with E-state index in [0.717, 1.165) is 29.7 Å². The standard InChI is InChI=1S/C27H35N7O2/c1-18-8-6-9-20(14-18)16-33-17-23(19(2)30-33)24-22(15-28)25(29)34(31-24)21-10-7-12-32(13-11-21)26(35)36-27(3,4)5/h6,8-9,14,17,21H,7,10-13,16,29H2,1-5H3/t21-/m0/s1. The van der Waals surface area contributed by atoms with Crippen LogP contribution < -0.4 is 5.73 Å². The molecule has 1 aliphatic heterocycles. The maximum absolute atomic E-state index is 12.6. The van der Waals surface area contributed by atoms with Crippen molar-refractivity contribution in [1.29, 1.82) is 5.26 Å². The molecule has 1 saturated heterocycles. The van der Waals surface area contributed by atoms with E-state index in [1.807, 2.05) is 44.6 Å². The summed E-state index contributed by atoms with van der Waals surface area (Å²) in [7, 11) is 0. The molecule has 3 heterocycles. The molecule has 1 fully saturated rings. The highest BCUT2D eigenvalue weighted by Crippen LogP contribution is 2.33. The number of hydrogen-bond donors (Lipinski definition) is 1. The fourth-order valence-electron chi connectivity index (χ4n) is 4.69. The van der Waals surface area contributed by atoms with Gasteiger partial charge in [-0.2, -0.15) is 15.5 Å². The lowest BCUT2D eigenvalue weighted by Crippen LogP contribution is -2.37. The number of carbonyl (C=O) groups is 1. The Kier molecular flexibility index (Phi) is 7.07. The van der Waals surface area contributed by atoms with Crippen LogP contribution in [-0.4, -0.2) is 49.2 Å². The fraction of sp³-hybridized carbons (Fsp3) is 0.481. The second-order valence-electron chi connectivity index (χ2n) is 10.5. The van der Waals surface area contributed by atoms with Crippen molar-refractivity contribution in [2.24, 2.45) is 0 Å². The second kappa shape index (κ2) is 10.1. The second-order valence-corrected chi connectivity index (χ2v) is 10.5. The molecule has 1 amide bonds. The summed E-state index contributed by atoms with van der Waals surface area (Å²) in [6.07, 6.45) is 3.92. The van der Waals surface area contributed by atoms with E-state index in [1.54, 1.807) is 9.58 Å². The molecule has 0 radical (unpaired) electrons. The number of anilines is 1. The summed E-state index contributed by atoms with van der Waals surface area (Å²) in [5.74, 6) is 0.356. The Morgan fingerprint density at radius 1 is 1.22 bits per heavy atom. The maximum Gasteiger partial charge on any atom is 0.410 e. The average Bonchev–Trinajstić information content (AvgIpc) is 3.19. The lowest BCUT2D eigenvalue weighted by Gasteiger charge is -2.26. The van der Waals surface area contributed by atoms with Crippen LogP contribution in [-0.2, 0) is 11.3 Å². The number of aromatic nitrogens is 4. The van der Waals surface area contributed by atoms with Crippen molar-refractivity contribution in [3.05, 3.63) is 52.8 Å². The van der Waals surface area contributed by atoms with Crippen LogP contribution in [0.1, 0.15) is 68.5 Å². The smallest absolute Gasteiger partial charge is 0.410 e. The number of rotatable bonds is 4. The minimum absolute atomic E-state index is 0.0130. The summed E-state index contributed by atoms with van der Waals surface area (Å²) < 4.78 is 9.19. The molecule has 2 N–H and O–H groups in total. The molecule has 0 aliphatic carbocycles. The van der Waals surface area contributed by atoms with Gasteiger partial charge in [-0.1, -0.05) is 29.8 Å². The molecule has 0 spiro atoms. The third-order valence-electron chi connectivity index (χ3n) is 6.38. The van der Waals surface area contributed by atoms with Crippen molar-refractivity contribution in [3.63, 3.8) is 0 Å². The van der Waals surface area contributed by atoms with Crippen molar-refractivity contribution in [3.8, 4) is 17.3 Å². The van der Waals surface area contributed by atoms with Crippen molar-refractivity contribution < 1.29 is 9.53 Å². The van der Waals surface area contributed by atoms with Gasteiger partial charge < -0.3 is 15.4 Å². The number of nitriles is 1. The lowest BCUT2D eigenvalue weighted by atomic mass is 10.1. The largest absolute Gasteiger partial charge is 0.444 e. The van der Waals surface area contributed by atoms with Gasteiger partial charge in [-0.05, 0) is 59.4 Å². The number of likely N-dealkylation sites (tertiary alicyclic amines) is 1. The number of hydrogen-bond acceptors (Lipinski definition) is 6. The third-order valence-corrected chi connectivity index (χ3v) is 6.38. The van der Waals surface area contributed by atoms with Gasteiger partial charge >= 0.3 is 6.09 Å². The van der Waals surface area contributed by atoms with Crippen molar-refractivity contribution in [2.75, 3.05) is 18.8 Å². The fourth-order valence-corrected chi connectivity index (χ4v) is 4.69. The zero-order valence-corrected chi connectivity index (χ0v) is 21.8. The maximum atomic E-state index is 12.6. The molecule has 1 aliphatic rings. The highest BCUT2D eigenvalue weighted by atomic mass is 16.6. The van der Waals surface area contributed by atoms with Gasteiger partial charge in [0, 0.05) is 24.8 Å². The Hall–Kier alpha value is -3.80. The highest BCUT2D eigenvalue weighted by Gasteiger charge is 2.29. The van der Waals surface area contributed by atoms with Gasteiger partial charge in [0.1, 0.15) is 28.7 Å². The SMILES string of the molecule is Cc1cccc(Cn2cc(-c3nn([C@H]4CCCN(C(=O)OC(C)(C)C)CC4)c(N)c3C#N)c(C)n2)c1. The summed E-state index contributed by atoms with van der Waals surface area (Å²) in [6, 6.07) is 10.6. The molecule has 1 aromatic carbocycles. The van der Waals surface area contributed by atoms with E-state index in [-0.39, 0.29) is 12.1 Å². The van der Waals surface area contributed by atoms with E-state index in [0.29, 0.717) is 43.1 Å². The van der Waals surface area contributed by atoms with Crippen LogP contribution in [0.4, 0.5) is 10.6 Å². The first-order valence-electron chi connectivity index (χ1n) is 12.4. The van der Waals surface area contributed by atoms with Gasteiger partial charge in [-0.25, -0.2) is 9.48 Å². The van der Waals surface area contributed by atoms with Gasteiger partial charge in [-0.3, -0.25) is 4.68 Å². The summed E-state index contributed by atoms with van der Waals surface area (Å²) in [4.78, 5) is 14.3. The van der Waals surface area contributed by atoms with Gasteiger partial charge in [0.25, 0.3) is 0 Å². The zero-order valence-electron chi connectivity index (χ0n) is 21.8. The Morgan fingerprint density at radius 3 is 2.69 bits per heavy atom. The molecule has 36 heavy (non-hydrogen) atoms. The van der Waals surface area contributed by atoms with Gasteiger partial charge in [-0.15, -0.1) is 0 Å². The van der Waals surface area contributed by atoms with E-state index in [1.165, 1.54) is 5.56 Å². The first-order chi connectivity index (χ1) is 17.1. The zero-order chi connectivity index (χ0) is 26.0. The van der Waals surface area contributed by atoms with Crippen molar-refractivity contribution >= 4 is 11.9 Å². The number of carbonyl (C=O) groups excluding carboxylic acids is 1. The molecule has 190 valence electrons. The molecule has 9 heteroatoms. The number of ether oxygens (including phenoxy) is 1. The van der Waals surface area contributed by atoms with Gasteiger partial charge in [0.2, 0.25) is 0 Å². The van der Waals surface area contributed by atoms with Crippen LogP contribution in [0.25, 0.3) is 11.3 Å². The molecule has 1 atom stereocenters. The Bertz CT molecular complexity index is 1290. The summed E-state index contributed by atoms with van der Waals surface area (Å²) in [5.41, 5.74) is 10.8. The minimum atomic E-state index is -0.534. The topological polar surface area (TPSA) is 115 Å². The Morgan fingerprint density at radius 2 is 2.00 bits per heavy atom. The molecule has 2 aromatic heterocycles. The van der Waals surface area contributed by atoms with Crippen LogP contribution in [0.3, 0.4) is 0 Å². The monoisotopic (exact) mass is 489 g/mol. The predicted octanol–water partition coefficient (Wildman–Crippen LogP) is 4.83. The number of benzene rings is 1. The van der Waals surface area contributed by atoms with Gasteiger partial charge in [0.15, 0.2) is 0 Å². The number of nitrogens with zero attached hydrogens (tertiary/aromatic N) is 6. The Labute approximate surface area is 212 Å². The molecule has 9 nitrogen and oxygen atoms in total. The van der Waals surface area contributed by atoms with Gasteiger partial charge in [0.05, 0.1) is 18.3 Å². The lowest BCUT2D eigenvalue weighted by molar-refractivity contribution is 0.0255. The van der Waals surface area contributed by atoms with Crippen LogP contribution in [0, 0.1) is 25.2 Å². The first-order valence-corrected chi connectivity index (χ1v) is 12.4. The number of amides is 1. The van der Waals surface area contributed by atoms with Crippen molar-refractivity contribution in [1.82, 2.24) is 24.5 Å². The summed E-state index contributed by atoms with van der Waals surface area (Å²) >= 11 is 0. The van der Waals surface area contributed by atoms with E-state index in [4.69, 9.17) is 15.6 Å². The van der Waals surface area contributed by atoms with Crippen LogP contribution in [0.15, 0.2) is 30.5 Å². The molecular weight excluding hydrogens is 454 g/mol. The van der Waals surface area contributed by atoms with Crippen LogP contribution >= 0.6 is 0 Å². The van der Waals surface area contributed by atoms with Crippen molar-refractivity contribution in [2.45, 2.75) is 72.1 Å². The number of nitrogens with two attached hydrogens (primary N) is 1. The predicted molar refractivity (Wildman–Crippen MR) is 138 cm³/mol. The van der Waals surface area contributed by atoms with E-state index < -0.39 is 5.60 Å². The third kappa shape index (κ3) is 5.54. The van der Waals surface area contributed by atoms with E-state index in [9.17, 15) is 10.1 Å². The number of aryl methyl sites for hydroxylation is 2. The van der Waals surface area contributed by atoms with Crippen LogP contribution in [0.5, 0.6) is 0 Å². The van der Waals surface area contributed by atoms with Crippen LogP contribution in [0.2, 0.25) is 0 Å². The first kappa shape index (κ1) is 25.3. The van der Waals surface area contributed by atoms with E-state index >= 15 is 0 Å². The Balaban J connectivity index is 1.57. The highest BCUT2D eigenvalue weighted by molar-refractivity contribution is 5.73. The molecule has 0 bridgehead atoms. The molecule has 0 saturated carbocycles. The molecule has 4 rings (SSSR count). The normalized spacial score (nSPS) is 16.4. The quantitative estimate of drug-likeness (QED) is 0.561. The summed E-state index contributed by atoms with van der Waals surface area (Å²) in [6.45, 7) is 11.4. The van der Waals surface area contributed by atoms with E-state index in [2.05, 4.69) is 36.3 Å². The minimum Gasteiger partial charge on any atom is -0.444 e. The number of nitrogen functional groups attached to an aromatic ring is 1. The average molecular weight is 490 g/mol. The molecule has 3 aromatic rings. The summed E-state index contributed by atoms with van der Waals surface area (Å²) in [5, 5.41) is 19.4.